The Morgan fingerprint density at radius 2 is 2.11 bits per heavy atom. The van der Waals surface area contributed by atoms with Crippen molar-refractivity contribution in [2.75, 3.05) is 30.8 Å². The van der Waals surface area contributed by atoms with Crippen LogP contribution in [0.15, 0.2) is 18.2 Å². The summed E-state index contributed by atoms with van der Waals surface area (Å²) in [6.07, 6.45) is 1.13. The van der Waals surface area contributed by atoms with Crippen LogP contribution in [0.4, 0.5) is 11.4 Å². The number of benzene rings is 1. The second-order valence-corrected chi connectivity index (χ2v) is 4.90. The Balaban J connectivity index is 3.04. The summed E-state index contributed by atoms with van der Waals surface area (Å²) in [5.41, 5.74) is 8.37. The van der Waals surface area contributed by atoms with E-state index in [0.717, 1.165) is 30.9 Å². The lowest BCUT2D eigenvalue weighted by Gasteiger charge is -2.27. The molecular weight excluding hydrogens is 238 g/mol. The predicted molar refractivity (Wildman–Crippen MR) is 81.6 cm³/mol. The zero-order valence-corrected chi connectivity index (χ0v) is 12.4. The largest absolute Gasteiger partial charge is 0.397 e. The van der Waals surface area contributed by atoms with Crippen molar-refractivity contribution in [3.8, 4) is 0 Å². The minimum absolute atomic E-state index is 0.0826. The van der Waals surface area contributed by atoms with E-state index in [1.807, 2.05) is 6.07 Å². The average molecular weight is 263 g/mol. The fourth-order valence-electron chi connectivity index (χ4n) is 2.01. The Morgan fingerprint density at radius 1 is 1.42 bits per heavy atom. The van der Waals surface area contributed by atoms with E-state index >= 15 is 0 Å². The molecule has 1 aromatic rings. The summed E-state index contributed by atoms with van der Waals surface area (Å²) in [6, 6.07) is 5.44. The Kier molecular flexibility index (Phi) is 5.67. The first kappa shape index (κ1) is 15.3. The summed E-state index contributed by atoms with van der Waals surface area (Å²) in [4.78, 5) is 13.9. The topological polar surface area (TPSA) is 58.4 Å². The zero-order valence-electron chi connectivity index (χ0n) is 12.4. The molecule has 1 aromatic carbocycles. The summed E-state index contributed by atoms with van der Waals surface area (Å²) in [5, 5.41) is 2.64. The summed E-state index contributed by atoms with van der Waals surface area (Å²) in [7, 11) is 1.63. The number of carbonyl (C=O) groups is 1. The molecule has 4 nitrogen and oxygen atoms in total. The molecule has 106 valence electrons. The maximum Gasteiger partial charge on any atom is 0.251 e. The quantitative estimate of drug-likeness (QED) is 0.775. The van der Waals surface area contributed by atoms with Gasteiger partial charge in [0.25, 0.3) is 5.91 Å². The molecule has 1 rings (SSSR count). The first-order chi connectivity index (χ1) is 9.03. The van der Waals surface area contributed by atoms with Crippen LogP contribution in [0, 0.1) is 5.92 Å². The van der Waals surface area contributed by atoms with E-state index < -0.39 is 0 Å². The van der Waals surface area contributed by atoms with Crippen molar-refractivity contribution in [2.45, 2.75) is 27.2 Å². The Labute approximate surface area is 116 Å². The number of hydrogen-bond donors (Lipinski definition) is 2. The Hall–Kier alpha value is -1.71. The number of nitrogens with one attached hydrogen (secondary N) is 1. The number of carbonyl (C=O) groups excluding carboxylic acids is 1. The van der Waals surface area contributed by atoms with Crippen LogP contribution in [-0.4, -0.2) is 26.0 Å². The van der Waals surface area contributed by atoms with E-state index in [1.54, 1.807) is 19.2 Å². The highest BCUT2D eigenvalue weighted by atomic mass is 16.1. The van der Waals surface area contributed by atoms with E-state index in [4.69, 9.17) is 5.73 Å². The molecule has 0 aliphatic rings. The van der Waals surface area contributed by atoms with Crippen molar-refractivity contribution in [3.05, 3.63) is 23.8 Å². The predicted octanol–water partition coefficient (Wildman–Crippen LogP) is 2.50. The molecule has 1 amide bonds. The van der Waals surface area contributed by atoms with Gasteiger partial charge in [0.2, 0.25) is 0 Å². The summed E-state index contributed by atoms with van der Waals surface area (Å²) in [6.45, 7) is 8.35. The third-order valence-electron chi connectivity index (χ3n) is 3.47. The van der Waals surface area contributed by atoms with Crippen LogP contribution in [-0.2, 0) is 0 Å². The van der Waals surface area contributed by atoms with Crippen LogP contribution in [0.2, 0.25) is 0 Å². The molecule has 0 aliphatic heterocycles. The monoisotopic (exact) mass is 263 g/mol. The first-order valence-corrected chi connectivity index (χ1v) is 6.89. The summed E-state index contributed by atoms with van der Waals surface area (Å²) >= 11 is 0. The van der Waals surface area contributed by atoms with Crippen molar-refractivity contribution >= 4 is 17.3 Å². The zero-order chi connectivity index (χ0) is 14.4. The fourth-order valence-corrected chi connectivity index (χ4v) is 2.01. The minimum Gasteiger partial charge on any atom is -0.397 e. The van der Waals surface area contributed by atoms with Gasteiger partial charge in [-0.2, -0.15) is 0 Å². The maximum absolute atomic E-state index is 11.7. The van der Waals surface area contributed by atoms with E-state index in [9.17, 15) is 4.79 Å². The number of nitrogens with two attached hydrogens (primary N) is 1. The van der Waals surface area contributed by atoms with Crippen molar-refractivity contribution < 1.29 is 4.79 Å². The second-order valence-electron chi connectivity index (χ2n) is 4.90. The molecule has 0 heterocycles. The number of nitrogen functional groups attached to an aromatic ring is 1. The minimum atomic E-state index is -0.0826. The lowest BCUT2D eigenvalue weighted by Crippen LogP contribution is -2.29. The molecule has 0 radical (unpaired) electrons. The van der Waals surface area contributed by atoms with Crippen LogP contribution in [0.25, 0.3) is 0 Å². The van der Waals surface area contributed by atoms with Crippen LogP contribution in [0.5, 0.6) is 0 Å². The van der Waals surface area contributed by atoms with Gasteiger partial charge in [0.15, 0.2) is 0 Å². The van der Waals surface area contributed by atoms with Gasteiger partial charge in [-0.05, 0) is 31.0 Å². The molecule has 1 unspecified atom stereocenters. The molecule has 0 saturated carbocycles. The van der Waals surface area contributed by atoms with Gasteiger partial charge in [-0.3, -0.25) is 4.79 Å². The SMILES string of the molecule is CCC(C)CN(CC)c1cc(C(=O)NC)ccc1N. The summed E-state index contributed by atoms with van der Waals surface area (Å²) in [5.74, 6) is 0.517. The highest BCUT2D eigenvalue weighted by molar-refractivity contribution is 5.96. The third-order valence-corrected chi connectivity index (χ3v) is 3.47. The summed E-state index contributed by atoms with van der Waals surface area (Å²) < 4.78 is 0. The molecule has 0 spiro atoms. The van der Waals surface area contributed by atoms with Gasteiger partial charge >= 0.3 is 0 Å². The lowest BCUT2D eigenvalue weighted by atomic mass is 10.1. The molecule has 0 aromatic heterocycles. The van der Waals surface area contributed by atoms with Crippen molar-refractivity contribution in [1.82, 2.24) is 5.32 Å². The van der Waals surface area contributed by atoms with E-state index in [0.29, 0.717) is 11.5 Å². The first-order valence-electron chi connectivity index (χ1n) is 6.89. The molecule has 0 bridgehead atoms. The van der Waals surface area contributed by atoms with Crippen molar-refractivity contribution in [1.29, 1.82) is 0 Å². The number of anilines is 2. The van der Waals surface area contributed by atoms with Crippen molar-refractivity contribution in [2.24, 2.45) is 5.92 Å². The lowest BCUT2D eigenvalue weighted by molar-refractivity contribution is 0.0963. The van der Waals surface area contributed by atoms with Gasteiger partial charge < -0.3 is 16.0 Å². The molecule has 0 fully saturated rings. The smallest absolute Gasteiger partial charge is 0.251 e. The molecule has 0 saturated heterocycles. The van der Waals surface area contributed by atoms with Crippen LogP contribution >= 0.6 is 0 Å². The van der Waals surface area contributed by atoms with Crippen LogP contribution in [0.3, 0.4) is 0 Å². The molecule has 19 heavy (non-hydrogen) atoms. The van der Waals surface area contributed by atoms with Gasteiger partial charge in [-0.15, -0.1) is 0 Å². The highest BCUT2D eigenvalue weighted by Gasteiger charge is 2.13. The number of hydrogen-bond acceptors (Lipinski definition) is 3. The van der Waals surface area contributed by atoms with E-state index in [-0.39, 0.29) is 5.91 Å². The maximum atomic E-state index is 11.7. The number of rotatable bonds is 6. The van der Waals surface area contributed by atoms with Gasteiger partial charge in [0, 0.05) is 25.7 Å². The Morgan fingerprint density at radius 3 is 2.63 bits per heavy atom. The highest BCUT2D eigenvalue weighted by Crippen LogP contribution is 2.25. The van der Waals surface area contributed by atoms with Crippen LogP contribution < -0.4 is 16.0 Å². The molecule has 4 heteroatoms. The standard InChI is InChI=1S/C15H25N3O/c1-5-11(3)10-18(6-2)14-9-12(15(19)17-4)7-8-13(14)16/h7-9,11H,5-6,10,16H2,1-4H3,(H,17,19). The van der Waals surface area contributed by atoms with E-state index in [1.165, 1.54) is 0 Å². The molecule has 0 aliphatic carbocycles. The third kappa shape index (κ3) is 3.88. The van der Waals surface area contributed by atoms with Crippen LogP contribution in [0.1, 0.15) is 37.6 Å². The molecule has 3 N–H and O–H groups in total. The normalized spacial score (nSPS) is 12.0. The van der Waals surface area contributed by atoms with Gasteiger partial charge in [-0.25, -0.2) is 0 Å². The van der Waals surface area contributed by atoms with Gasteiger partial charge in [0.05, 0.1) is 11.4 Å². The van der Waals surface area contributed by atoms with Gasteiger partial charge in [0.1, 0.15) is 0 Å². The Bertz CT molecular complexity index is 431. The van der Waals surface area contributed by atoms with E-state index in [2.05, 4.69) is 31.0 Å². The van der Waals surface area contributed by atoms with Crippen molar-refractivity contribution in [3.63, 3.8) is 0 Å². The average Bonchev–Trinajstić information content (AvgIpc) is 2.44. The number of nitrogens with zero attached hydrogens (tertiary/aromatic N) is 1. The fraction of sp³-hybridized carbons (Fsp3) is 0.533. The van der Waals surface area contributed by atoms with Gasteiger partial charge in [-0.1, -0.05) is 20.3 Å². The number of amides is 1. The molecule has 1 atom stereocenters. The molecular formula is C15H25N3O. The second kappa shape index (κ2) is 7.02.